The Bertz CT molecular complexity index is 209. The highest BCUT2D eigenvalue weighted by Gasteiger charge is 2.52. The molecule has 2 rings (SSSR count). The summed E-state index contributed by atoms with van der Waals surface area (Å²) in [7, 11) is 0. The van der Waals surface area contributed by atoms with Gasteiger partial charge >= 0.3 is 0 Å². The van der Waals surface area contributed by atoms with Crippen molar-refractivity contribution in [3.05, 3.63) is 12.2 Å². The summed E-state index contributed by atoms with van der Waals surface area (Å²) in [5.74, 6) is 0.699. The summed E-state index contributed by atoms with van der Waals surface area (Å²) in [6.07, 6.45) is 7.28. The topological polar surface area (TPSA) is 0 Å². The molecule has 0 saturated heterocycles. The van der Waals surface area contributed by atoms with E-state index in [1.807, 2.05) is 0 Å². The summed E-state index contributed by atoms with van der Waals surface area (Å²) < 4.78 is 7.58. The molecule has 0 aliphatic heterocycles. The smallest absolute Gasteiger partial charge is 0.0236 e. The third-order valence-electron chi connectivity index (χ3n) is 3.79. The van der Waals surface area contributed by atoms with Gasteiger partial charge in [-0.1, -0.05) is 32.9 Å². The Balaban J connectivity index is 2.40. The van der Waals surface area contributed by atoms with Gasteiger partial charge in [-0.05, 0) is 29.6 Å². The van der Waals surface area contributed by atoms with Crippen molar-refractivity contribution in [2.24, 2.45) is 16.7 Å². The molecule has 2 bridgehead atoms. The normalized spacial score (nSPS) is 59.4. The van der Waals surface area contributed by atoms with Crippen molar-refractivity contribution in [1.29, 1.82) is 0 Å². The highest BCUT2D eigenvalue weighted by molar-refractivity contribution is 5.22. The highest BCUT2D eigenvalue weighted by atomic mass is 14.6. The molecule has 3 unspecified atom stereocenters. The maximum atomic E-state index is 7.58. The Morgan fingerprint density at radius 3 is 2.60 bits per heavy atom. The Labute approximate surface area is 64.7 Å². The van der Waals surface area contributed by atoms with Gasteiger partial charge in [0.1, 0.15) is 0 Å². The van der Waals surface area contributed by atoms with E-state index < -0.39 is 0 Å². The summed E-state index contributed by atoms with van der Waals surface area (Å²) >= 11 is 0. The summed E-state index contributed by atoms with van der Waals surface area (Å²) in [6, 6.07) is 0. The SMILES string of the molecule is [2H]CC1(C)C2C=CC1(C)CC2. The van der Waals surface area contributed by atoms with Crippen LogP contribution in [0.4, 0.5) is 0 Å². The van der Waals surface area contributed by atoms with E-state index in [1.54, 1.807) is 0 Å². The lowest BCUT2D eigenvalue weighted by molar-refractivity contribution is 0.182. The largest absolute Gasteiger partial charge is 0.0843 e. The summed E-state index contributed by atoms with van der Waals surface area (Å²) in [5, 5.41) is 0. The van der Waals surface area contributed by atoms with Crippen molar-refractivity contribution < 1.29 is 1.37 Å². The van der Waals surface area contributed by atoms with Gasteiger partial charge in [-0.15, -0.1) is 0 Å². The van der Waals surface area contributed by atoms with E-state index in [4.69, 9.17) is 1.37 Å². The van der Waals surface area contributed by atoms with Gasteiger partial charge < -0.3 is 0 Å². The van der Waals surface area contributed by atoms with E-state index in [0.29, 0.717) is 18.2 Å². The minimum atomic E-state index is 0.257. The van der Waals surface area contributed by atoms with Crippen LogP contribution >= 0.6 is 0 Å². The number of allylic oxidation sites excluding steroid dienone is 2. The number of hydrogen-bond donors (Lipinski definition) is 0. The van der Waals surface area contributed by atoms with Gasteiger partial charge in [0.25, 0.3) is 0 Å². The second kappa shape index (κ2) is 1.49. The predicted molar refractivity (Wildman–Crippen MR) is 43.8 cm³/mol. The first-order valence-corrected chi connectivity index (χ1v) is 4.11. The van der Waals surface area contributed by atoms with E-state index in [-0.39, 0.29) is 5.41 Å². The van der Waals surface area contributed by atoms with Crippen molar-refractivity contribution in [1.82, 2.24) is 0 Å². The highest BCUT2D eigenvalue weighted by Crippen LogP contribution is 2.61. The van der Waals surface area contributed by atoms with Crippen LogP contribution in [0.5, 0.6) is 0 Å². The van der Waals surface area contributed by atoms with Crippen LogP contribution in [-0.4, -0.2) is 0 Å². The third-order valence-corrected chi connectivity index (χ3v) is 3.79. The monoisotopic (exact) mass is 137 g/mol. The van der Waals surface area contributed by atoms with E-state index in [2.05, 4.69) is 26.0 Å². The number of hydrogen-bond acceptors (Lipinski definition) is 0. The van der Waals surface area contributed by atoms with Crippen LogP contribution in [0.3, 0.4) is 0 Å². The van der Waals surface area contributed by atoms with Gasteiger partial charge in [0.15, 0.2) is 0 Å². The van der Waals surface area contributed by atoms with Gasteiger partial charge in [0.05, 0.1) is 0 Å². The van der Waals surface area contributed by atoms with Gasteiger partial charge in [-0.2, -0.15) is 0 Å². The van der Waals surface area contributed by atoms with Crippen molar-refractivity contribution in [2.45, 2.75) is 33.6 Å². The molecule has 0 amide bonds. The standard InChI is InChI=1S/C10H16/c1-9(2)8-4-6-10(9,3)7-5-8/h4,6,8H,5,7H2,1-3H3/i1D. The number of rotatable bonds is 0. The average Bonchev–Trinajstić information content (AvgIpc) is 2.39. The molecule has 0 radical (unpaired) electrons. The minimum Gasteiger partial charge on any atom is -0.0843 e. The first kappa shape index (κ1) is 5.40. The zero-order chi connectivity index (χ0) is 8.11. The molecular weight excluding hydrogens is 120 g/mol. The fraction of sp³-hybridized carbons (Fsp3) is 0.800. The molecule has 1 saturated carbocycles. The Morgan fingerprint density at radius 1 is 1.60 bits per heavy atom. The van der Waals surface area contributed by atoms with Crippen molar-refractivity contribution in [3.8, 4) is 0 Å². The first-order chi connectivity index (χ1) is 5.12. The molecule has 56 valence electrons. The maximum Gasteiger partial charge on any atom is 0.0236 e. The van der Waals surface area contributed by atoms with E-state index in [1.165, 1.54) is 12.8 Å². The molecule has 0 nitrogen and oxygen atoms in total. The lowest BCUT2D eigenvalue weighted by Crippen LogP contribution is -2.27. The van der Waals surface area contributed by atoms with Crippen LogP contribution in [0.25, 0.3) is 0 Å². The van der Waals surface area contributed by atoms with E-state index >= 15 is 0 Å². The maximum absolute atomic E-state index is 7.58. The minimum absolute atomic E-state index is 0.257. The fourth-order valence-electron chi connectivity index (χ4n) is 2.39. The molecule has 0 aromatic rings. The Hall–Kier alpha value is -0.260. The molecule has 1 fully saturated rings. The van der Waals surface area contributed by atoms with Crippen LogP contribution in [0.1, 0.15) is 35.0 Å². The van der Waals surface area contributed by atoms with Crippen molar-refractivity contribution >= 4 is 0 Å². The molecule has 0 N–H and O–H groups in total. The van der Waals surface area contributed by atoms with Crippen molar-refractivity contribution in [3.63, 3.8) is 0 Å². The quantitative estimate of drug-likeness (QED) is 0.450. The van der Waals surface area contributed by atoms with E-state index in [0.717, 1.165) is 0 Å². The van der Waals surface area contributed by atoms with Crippen LogP contribution in [0, 0.1) is 16.7 Å². The number of fused-ring (bicyclic) bond motifs is 2. The molecular formula is C10H16. The predicted octanol–water partition coefficient (Wildman–Crippen LogP) is 3.00. The summed E-state index contributed by atoms with van der Waals surface area (Å²) in [6.45, 7) is 5.17. The van der Waals surface area contributed by atoms with Gasteiger partial charge in [0, 0.05) is 1.37 Å². The molecule has 3 atom stereocenters. The lowest BCUT2D eigenvalue weighted by atomic mass is 9.71. The third kappa shape index (κ3) is 0.492. The van der Waals surface area contributed by atoms with Crippen LogP contribution in [0.2, 0.25) is 0 Å². The Kier molecular flexibility index (Phi) is 0.805. The molecule has 0 aromatic heterocycles. The average molecular weight is 137 g/mol. The van der Waals surface area contributed by atoms with Crippen molar-refractivity contribution in [2.75, 3.05) is 0 Å². The summed E-state index contributed by atoms with van der Waals surface area (Å²) in [4.78, 5) is 0. The van der Waals surface area contributed by atoms with Crippen LogP contribution < -0.4 is 0 Å². The summed E-state index contributed by atoms with van der Waals surface area (Å²) in [5.41, 5.74) is 0.604. The van der Waals surface area contributed by atoms with Gasteiger partial charge in [-0.3, -0.25) is 0 Å². The van der Waals surface area contributed by atoms with E-state index in [9.17, 15) is 0 Å². The van der Waals surface area contributed by atoms with Crippen LogP contribution in [-0.2, 0) is 0 Å². The van der Waals surface area contributed by atoms with Crippen LogP contribution in [0.15, 0.2) is 12.2 Å². The second-order valence-electron chi connectivity index (χ2n) is 4.34. The molecule has 0 spiro atoms. The zero-order valence-electron chi connectivity index (χ0n) is 7.85. The molecule has 0 heteroatoms. The molecule has 0 aromatic carbocycles. The fourth-order valence-corrected chi connectivity index (χ4v) is 2.39. The Morgan fingerprint density at radius 2 is 2.40 bits per heavy atom. The second-order valence-corrected chi connectivity index (χ2v) is 4.34. The first-order valence-electron chi connectivity index (χ1n) is 4.82. The molecule has 0 heterocycles. The van der Waals surface area contributed by atoms with Gasteiger partial charge in [0.2, 0.25) is 0 Å². The lowest BCUT2D eigenvalue weighted by Gasteiger charge is -2.33. The molecule has 10 heavy (non-hydrogen) atoms. The molecule has 2 aliphatic rings. The zero-order valence-corrected chi connectivity index (χ0v) is 6.85. The molecule has 2 aliphatic carbocycles. The van der Waals surface area contributed by atoms with Gasteiger partial charge in [-0.25, -0.2) is 0 Å².